The van der Waals surface area contributed by atoms with Crippen molar-refractivity contribution in [3.05, 3.63) is 24.1 Å². The molecule has 1 aromatic carbocycles. The standard InChI is InChI=1S/C14H19N3O5S/c1-20-11-5-4-9(8-12(11)21-2)13-16-14(22-17-13)10(15)6-7-23(3,18)19/h4-5,8,10H,6-7,15H2,1-3H3/t10-/m1/s1. The summed E-state index contributed by atoms with van der Waals surface area (Å²) in [7, 11) is -0.0110. The van der Waals surface area contributed by atoms with Gasteiger partial charge in [0, 0.05) is 11.8 Å². The Bertz CT molecular complexity index is 772. The van der Waals surface area contributed by atoms with Crippen LogP contribution in [0.4, 0.5) is 0 Å². The molecule has 0 aliphatic rings. The van der Waals surface area contributed by atoms with E-state index in [4.69, 9.17) is 19.7 Å². The Morgan fingerprint density at radius 1 is 1.26 bits per heavy atom. The van der Waals surface area contributed by atoms with E-state index in [9.17, 15) is 8.42 Å². The molecule has 126 valence electrons. The van der Waals surface area contributed by atoms with Crippen LogP contribution >= 0.6 is 0 Å². The van der Waals surface area contributed by atoms with Crippen molar-refractivity contribution in [2.45, 2.75) is 12.5 Å². The zero-order chi connectivity index (χ0) is 17.0. The van der Waals surface area contributed by atoms with E-state index in [0.29, 0.717) is 22.9 Å². The SMILES string of the molecule is COc1ccc(-c2noc([C@H](N)CCS(C)(=O)=O)n2)cc1OC. The smallest absolute Gasteiger partial charge is 0.243 e. The fourth-order valence-corrected chi connectivity index (χ4v) is 2.62. The van der Waals surface area contributed by atoms with Gasteiger partial charge in [-0.1, -0.05) is 5.16 Å². The minimum absolute atomic E-state index is 0.0394. The molecule has 0 saturated heterocycles. The number of methoxy groups -OCH3 is 2. The maximum Gasteiger partial charge on any atom is 0.243 e. The fourth-order valence-electron chi connectivity index (χ4n) is 1.94. The number of hydrogen-bond acceptors (Lipinski definition) is 8. The highest BCUT2D eigenvalue weighted by Crippen LogP contribution is 2.31. The molecule has 1 heterocycles. The first kappa shape index (κ1) is 17.2. The van der Waals surface area contributed by atoms with Gasteiger partial charge in [0.25, 0.3) is 0 Å². The number of aromatic nitrogens is 2. The molecular formula is C14H19N3O5S. The molecule has 0 spiro atoms. The third-order valence-electron chi connectivity index (χ3n) is 3.20. The first-order valence-corrected chi connectivity index (χ1v) is 8.89. The lowest BCUT2D eigenvalue weighted by atomic mass is 10.2. The van der Waals surface area contributed by atoms with Gasteiger partial charge in [-0.3, -0.25) is 0 Å². The van der Waals surface area contributed by atoms with Crippen LogP contribution in [-0.2, 0) is 9.84 Å². The lowest BCUT2D eigenvalue weighted by Gasteiger charge is -2.07. The first-order chi connectivity index (χ1) is 10.8. The predicted octanol–water partition coefficient (Wildman–Crippen LogP) is 1.19. The highest BCUT2D eigenvalue weighted by molar-refractivity contribution is 7.90. The lowest BCUT2D eigenvalue weighted by molar-refractivity contribution is 0.352. The molecule has 1 atom stereocenters. The fraction of sp³-hybridized carbons (Fsp3) is 0.429. The van der Waals surface area contributed by atoms with Crippen LogP contribution in [0.3, 0.4) is 0 Å². The van der Waals surface area contributed by atoms with E-state index in [-0.39, 0.29) is 18.1 Å². The molecule has 1 aromatic heterocycles. The van der Waals surface area contributed by atoms with Crippen molar-refractivity contribution in [1.82, 2.24) is 10.1 Å². The maximum atomic E-state index is 11.2. The van der Waals surface area contributed by atoms with Gasteiger partial charge in [-0.05, 0) is 24.6 Å². The Labute approximate surface area is 134 Å². The van der Waals surface area contributed by atoms with Crippen molar-refractivity contribution >= 4 is 9.84 Å². The second-order valence-electron chi connectivity index (χ2n) is 5.05. The van der Waals surface area contributed by atoms with Crippen molar-refractivity contribution in [2.24, 2.45) is 5.73 Å². The average Bonchev–Trinajstić information content (AvgIpc) is 3.01. The van der Waals surface area contributed by atoms with Gasteiger partial charge in [0.2, 0.25) is 11.7 Å². The van der Waals surface area contributed by atoms with Gasteiger partial charge in [-0.2, -0.15) is 4.98 Å². The predicted molar refractivity (Wildman–Crippen MR) is 84.1 cm³/mol. The Kier molecular flexibility index (Phi) is 5.22. The largest absolute Gasteiger partial charge is 0.493 e. The van der Waals surface area contributed by atoms with Gasteiger partial charge in [0.1, 0.15) is 9.84 Å². The molecule has 0 aliphatic heterocycles. The number of ether oxygens (including phenoxy) is 2. The van der Waals surface area contributed by atoms with Crippen LogP contribution in [0.15, 0.2) is 22.7 Å². The lowest BCUT2D eigenvalue weighted by Crippen LogP contribution is -2.16. The molecule has 0 bridgehead atoms. The first-order valence-electron chi connectivity index (χ1n) is 6.83. The molecule has 8 nitrogen and oxygen atoms in total. The second kappa shape index (κ2) is 6.97. The quantitative estimate of drug-likeness (QED) is 0.798. The number of rotatable bonds is 7. The highest BCUT2D eigenvalue weighted by Gasteiger charge is 2.18. The molecular weight excluding hydrogens is 322 g/mol. The summed E-state index contributed by atoms with van der Waals surface area (Å²) in [6.07, 6.45) is 1.37. The van der Waals surface area contributed by atoms with Crippen LogP contribution in [0.1, 0.15) is 18.4 Å². The van der Waals surface area contributed by atoms with Gasteiger partial charge < -0.3 is 19.7 Å². The van der Waals surface area contributed by atoms with E-state index < -0.39 is 15.9 Å². The van der Waals surface area contributed by atoms with Gasteiger partial charge in [-0.25, -0.2) is 8.42 Å². The number of nitrogens with two attached hydrogens (primary N) is 1. The monoisotopic (exact) mass is 341 g/mol. The summed E-state index contributed by atoms with van der Waals surface area (Å²) in [5, 5.41) is 3.87. The molecule has 2 rings (SSSR count). The van der Waals surface area contributed by atoms with Gasteiger partial charge in [0.05, 0.1) is 26.0 Å². The molecule has 0 radical (unpaired) electrons. The summed E-state index contributed by atoms with van der Waals surface area (Å²) >= 11 is 0. The maximum absolute atomic E-state index is 11.2. The van der Waals surface area contributed by atoms with Gasteiger partial charge in [-0.15, -0.1) is 0 Å². The summed E-state index contributed by atoms with van der Waals surface area (Å²) in [6, 6.07) is 4.58. The minimum atomic E-state index is -3.09. The number of nitrogens with zero attached hydrogens (tertiary/aromatic N) is 2. The van der Waals surface area contributed by atoms with Crippen LogP contribution in [0, 0.1) is 0 Å². The van der Waals surface area contributed by atoms with Crippen LogP contribution in [0.2, 0.25) is 0 Å². The van der Waals surface area contributed by atoms with Crippen molar-refractivity contribution in [2.75, 3.05) is 26.2 Å². The molecule has 0 saturated carbocycles. The van der Waals surface area contributed by atoms with Crippen molar-refractivity contribution < 1.29 is 22.4 Å². The zero-order valence-corrected chi connectivity index (χ0v) is 14.0. The van der Waals surface area contributed by atoms with E-state index in [0.717, 1.165) is 6.26 Å². The zero-order valence-electron chi connectivity index (χ0n) is 13.1. The number of sulfone groups is 1. The minimum Gasteiger partial charge on any atom is -0.493 e. The molecule has 9 heteroatoms. The summed E-state index contributed by atoms with van der Waals surface area (Å²) in [5.41, 5.74) is 6.56. The summed E-state index contributed by atoms with van der Waals surface area (Å²) in [4.78, 5) is 4.22. The van der Waals surface area contributed by atoms with E-state index in [2.05, 4.69) is 10.1 Å². The molecule has 0 unspecified atom stereocenters. The molecule has 2 aromatic rings. The number of hydrogen-bond donors (Lipinski definition) is 1. The molecule has 23 heavy (non-hydrogen) atoms. The van der Waals surface area contributed by atoms with Crippen molar-refractivity contribution in [1.29, 1.82) is 0 Å². The third kappa shape index (κ3) is 4.42. The summed E-state index contributed by atoms with van der Waals surface area (Å²) in [5.74, 6) is 1.62. The average molecular weight is 341 g/mol. The van der Waals surface area contributed by atoms with Crippen molar-refractivity contribution in [3.8, 4) is 22.9 Å². The van der Waals surface area contributed by atoms with Crippen LogP contribution in [0.5, 0.6) is 11.5 Å². The summed E-state index contributed by atoms with van der Waals surface area (Å²) in [6.45, 7) is 0. The van der Waals surface area contributed by atoms with Crippen LogP contribution < -0.4 is 15.2 Å². The molecule has 0 fully saturated rings. The molecule has 0 amide bonds. The van der Waals surface area contributed by atoms with E-state index in [1.807, 2.05) is 0 Å². The summed E-state index contributed by atoms with van der Waals surface area (Å²) < 4.78 is 37.9. The Morgan fingerprint density at radius 3 is 2.57 bits per heavy atom. The van der Waals surface area contributed by atoms with Crippen molar-refractivity contribution in [3.63, 3.8) is 0 Å². The van der Waals surface area contributed by atoms with E-state index >= 15 is 0 Å². The third-order valence-corrected chi connectivity index (χ3v) is 4.18. The van der Waals surface area contributed by atoms with Crippen LogP contribution in [-0.4, -0.2) is 44.8 Å². The molecule has 0 aliphatic carbocycles. The highest BCUT2D eigenvalue weighted by atomic mass is 32.2. The van der Waals surface area contributed by atoms with E-state index in [1.54, 1.807) is 25.3 Å². The second-order valence-corrected chi connectivity index (χ2v) is 7.31. The van der Waals surface area contributed by atoms with E-state index in [1.165, 1.54) is 7.11 Å². The topological polar surface area (TPSA) is 118 Å². The van der Waals surface area contributed by atoms with Gasteiger partial charge in [0.15, 0.2) is 11.5 Å². The Balaban J connectivity index is 2.18. The Hall–Kier alpha value is -2.13. The normalized spacial score (nSPS) is 12.9. The Morgan fingerprint density at radius 2 is 1.96 bits per heavy atom. The van der Waals surface area contributed by atoms with Crippen LogP contribution in [0.25, 0.3) is 11.4 Å². The van der Waals surface area contributed by atoms with Gasteiger partial charge >= 0.3 is 0 Å². The molecule has 2 N–H and O–H groups in total. The number of benzene rings is 1.